The standard InChI is InChI=1S/C24H26ClN7O2S/c1-2-20(22(33)17-3-5-18(25)6-4-17)32-24(34)31(16-28-32)19-7-8-21(27-15-19)29-10-12-30(13-11-29)23-26-9-14-35-23/h3-9,14-16,20,22,33H,2,10-13H2,1H3/t20-,22-/m1/s1. The molecule has 4 aromatic rings. The molecule has 2 atom stereocenters. The minimum absolute atomic E-state index is 0.323. The van der Waals surface area contributed by atoms with Crippen molar-refractivity contribution in [3.8, 4) is 5.69 Å². The van der Waals surface area contributed by atoms with Gasteiger partial charge in [-0.2, -0.15) is 5.10 Å². The number of nitrogens with zero attached hydrogens (tertiary/aromatic N) is 7. The van der Waals surface area contributed by atoms with E-state index in [0.717, 1.165) is 37.1 Å². The molecular weight excluding hydrogens is 486 g/mol. The lowest BCUT2D eigenvalue weighted by atomic mass is 10.0. The van der Waals surface area contributed by atoms with Crippen molar-refractivity contribution in [1.82, 2.24) is 24.3 Å². The summed E-state index contributed by atoms with van der Waals surface area (Å²) < 4.78 is 2.79. The molecule has 35 heavy (non-hydrogen) atoms. The molecule has 0 spiro atoms. The number of anilines is 2. The molecule has 3 aromatic heterocycles. The third-order valence-electron chi connectivity index (χ3n) is 6.31. The predicted octanol–water partition coefficient (Wildman–Crippen LogP) is 3.55. The SMILES string of the molecule is CC[C@H]([C@H](O)c1ccc(Cl)cc1)n1ncn(-c2ccc(N3CCN(c4nccs4)CC3)nc2)c1=O. The largest absolute Gasteiger partial charge is 0.386 e. The van der Waals surface area contributed by atoms with E-state index in [1.165, 1.54) is 15.6 Å². The number of piperazine rings is 1. The van der Waals surface area contributed by atoms with Crippen LogP contribution in [0.4, 0.5) is 10.9 Å². The van der Waals surface area contributed by atoms with Gasteiger partial charge in [-0.25, -0.2) is 24.0 Å². The van der Waals surface area contributed by atoms with Crippen LogP contribution in [0.5, 0.6) is 0 Å². The zero-order valence-electron chi connectivity index (χ0n) is 19.2. The molecule has 1 N–H and O–H groups in total. The Hall–Kier alpha value is -3.21. The molecule has 0 saturated carbocycles. The summed E-state index contributed by atoms with van der Waals surface area (Å²) in [5, 5.41) is 18.9. The number of hydrogen-bond donors (Lipinski definition) is 1. The van der Waals surface area contributed by atoms with Crippen LogP contribution in [-0.2, 0) is 0 Å². The highest BCUT2D eigenvalue weighted by atomic mass is 35.5. The van der Waals surface area contributed by atoms with Gasteiger partial charge in [0.05, 0.1) is 17.9 Å². The average molecular weight is 512 g/mol. The Bertz CT molecular complexity index is 1300. The first kappa shape index (κ1) is 23.5. The molecule has 9 nitrogen and oxygen atoms in total. The van der Waals surface area contributed by atoms with Crippen LogP contribution >= 0.6 is 22.9 Å². The van der Waals surface area contributed by atoms with Gasteiger partial charge < -0.3 is 14.9 Å². The Balaban J connectivity index is 1.30. The maximum absolute atomic E-state index is 13.2. The number of pyridine rings is 1. The van der Waals surface area contributed by atoms with E-state index in [2.05, 4.69) is 24.9 Å². The molecule has 11 heteroatoms. The van der Waals surface area contributed by atoms with Gasteiger partial charge in [0.15, 0.2) is 5.13 Å². The average Bonchev–Trinajstić information content (AvgIpc) is 3.56. The number of benzene rings is 1. The van der Waals surface area contributed by atoms with Crippen molar-refractivity contribution in [1.29, 1.82) is 0 Å². The molecule has 1 aromatic carbocycles. The molecule has 0 bridgehead atoms. The fourth-order valence-electron chi connectivity index (χ4n) is 4.34. The first-order chi connectivity index (χ1) is 17.0. The van der Waals surface area contributed by atoms with Gasteiger partial charge in [0, 0.05) is 42.8 Å². The summed E-state index contributed by atoms with van der Waals surface area (Å²) in [5.74, 6) is 0.873. The number of aromatic nitrogens is 5. The van der Waals surface area contributed by atoms with Crippen molar-refractivity contribution in [2.45, 2.75) is 25.5 Å². The number of hydrogen-bond acceptors (Lipinski definition) is 8. The molecule has 0 radical (unpaired) electrons. The summed E-state index contributed by atoms with van der Waals surface area (Å²) in [7, 11) is 0. The van der Waals surface area contributed by atoms with Crippen molar-refractivity contribution in [3.05, 3.63) is 81.6 Å². The quantitative estimate of drug-likeness (QED) is 0.405. The topological polar surface area (TPSA) is 92.3 Å². The van der Waals surface area contributed by atoms with Gasteiger partial charge in [0.1, 0.15) is 18.2 Å². The van der Waals surface area contributed by atoms with Gasteiger partial charge in [-0.15, -0.1) is 11.3 Å². The molecule has 0 amide bonds. The molecule has 1 fully saturated rings. The molecule has 182 valence electrons. The Morgan fingerprint density at radius 3 is 2.43 bits per heavy atom. The van der Waals surface area contributed by atoms with Gasteiger partial charge >= 0.3 is 5.69 Å². The van der Waals surface area contributed by atoms with Gasteiger partial charge in [-0.1, -0.05) is 30.7 Å². The van der Waals surface area contributed by atoms with Crippen LogP contribution in [-0.4, -0.2) is 55.6 Å². The van der Waals surface area contributed by atoms with Crippen LogP contribution in [0, 0.1) is 0 Å². The van der Waals surface area contributed by atoms with E-state index in [1.807, 2.05) is 30.6 Å². The zero-order valence-corrected chi connectivity index (χ0v) is 20.8. The number of aliphatic hydroxyl groups is 1. The van der Waals surface area contributed by atoms with Crippen LogP contribution in [0.2, 0.25) is 5.02 Å². The molecule has 1 aliphatic rings. The maximum atomic E-state index is 13.2. The van der Waals surface area contributed by atoms with E-state index < -0.39 is 12.1 Å². The van der Waals surface area contributed by atoms with E-state index in [4.69, 9.17) is 11.6 Å². The first-order valence-electron chi connectivity index (χ1n) is 11.5. The molecule has 0 aliphatic carbocycles. The fraction of sp³-hybridized carbons (Fsp3) is 0.333. The van der Waals surface area contributed by atoms with Crippen molar-refractivity contribution in [2.24, 2.45) is 0 Å². The van der Waals surface area contributed by atoms with Crippen LogP contribution < -0.4 is 15.5 Å². The van der Waals surface area contributed by atoms with Crippen molar-refractivity contribution in [3.63, 3.8) is 0 Å². The molecule has 4 heterocycles. The normalized spacial score (nSPS) is 15.9. The second-order valence-electron chi connectivity index (χ2n) is 8.36. The molecule has 0 unspecified atom stereocenters. The Labute approximate surface area is 211 Å². The van der Waals surface area contributed by atoms with Crippen LogP contribution in [0.1, 0.15) is 31.1 Å². The lowest BCUT2D eigenvalue weighted by Crippen LogP contribution is -2.46. The van der Waals surface area contributed by atoms with Crippen LogP contribution in [0.15, 0.2) is 65.3 Å². The molecule has 1 saturated heterocycles. The lowest BCUT2D eigenvalue weighted by Gasteiger charge is -2.35. The molecule has 1 aliphatic heterocycles. The van der Waals surface area contributed by atoms with Crippen LogP contribution in [0.3, 0.4) is 0 Å². The number of halogens is 1. The summed E-state index contributed by atoms with van der Waals surface area (Å²) in [6, 6.07) is 10.3. The second kappa shape index (κ2) is 10.2. The van der Waals surface area contributed by atoms with Crippen molar-refractivity contribution >= 4 is 33.9 Å². The van der Waals surface area contributed by atoms with Gasteiger partial charge in [-0.3, -0.25) is 0 Å². The van der Waals surface area contributed by atoms with Gasteiger partial charge in [0.25, 0.3) is 0 Å². The number of thiazole rings is 1. The summed E-state index contributed by atoms with van der Waals surface area (Å²) in [6.45, 7) is 5.39. The van der Waals surface area contributed by atoms with Gasteiger partial charge in [-0.05, 0) is 36.2 Å². The third-order valence-corrected chi connectivity index (χ3v) is 7.39. The third kappa shape index (κ3) is 4.82. The number of rotatable bonds is 7. The maximum Gasteiger partial charge on any atom is 0.350 e. The van der Waals surface area contributed by atoms with Gasteiger partial charge in [0.2, 0.25) is 0 Å². The highest BCUT2D eigenvalue weighted by molar-refractivity contribution is 7.13. The van der Waals surface area contributed by atoms with E-state index in [-0.39, 0.29) is 5.69 Å². The first-order valence-corrected chi connectivity index (χ1v) is 12.8. The Kier molecular flexibility index (Phi) is 6.85. The smallest absolute Gasteiger partial charge is 0.350 e. The minimum atomic E-state index is -0.887. The zero-order chi connectivity index (χ0) is 24.4. The van der Waals surface area contributed by atoms with Crippen molar-refractivity contribution < 1.29 is 5.11 Å². The Morgan fingerprint density at radius 2 is 1.80 bits per heavy atom. The summed E-state index contributed by atoms with van der Waals surface area (Å²) in [5.41, 5.74) is 0.988. The summed E-state index contributed by atoms with van der Waals surface area (Å²) in [4.78, 5) is 26.7. The molecular formula is C24H26ClN7O2S. The monoisotopic (exact) mass is 511 g/mol. The van der Waals surface area contributed by atoms with E-state index >= 15 is 0 Å². The molecule has 5 rings (SSSR count). The van der Waals surface area contributed by atoms with E-state index in [0.29, 0.717) is 22.7 Å². The van der Waals surface area contributed by atoms with E-state index in [9.17, 15) is 9.90 Å². The minimum Gasteiger partial charge on any atom is -0.386 e. The highest BCUT2D eigenvalue weighted by Gasteiger charge is 2.25. The van der Waals surface area contributed by atoms with E-state index in [1.54, 1.807) is 41.8 Å². The second-order valence-corrected chi connectivity index (χ2v) is 9.67. The lowest BCUT2D eigenvalue weighted by molar-refractivity contribution is 0.101. The fourth-order valence-corrected chi connectivity index (χ4v) is 5.16. The number of aliphatic hydroxyl groups excluding tert-OH is 1. The Morgan fingerprint density at radius 1 is 1.06 bits per heavy atom. The van der Waals surface area contributed by atoms with Crippen molar-refractivity contribution in [2.75, 3.05) is 36.0 Å². The summed E-state index contributed by atoms with van der Waals surface area (Å²) in [6.07, 6.45) is 4.64. The summed E-state index contributed by atoms with van der Waals surface area (Å²) >= 11 is 7.62. The predicted molar refractivity (Wildman–Crippen MR) is 138 cm³/mol. The highest BCUT2D eigenvalue weighted by Crippen LogP contribution is 2.28. The van der Waals surface area contributed by atoms with Crippen LogP contribution in [0.25, 0.3) is 5.69 Å².